The zero-order valence-electron chi connectivity index (χ0n) is 11.0. The van der Waals surface area contributed by atoms with E-state index in [9.17, 15) is 14.0 Å². The number of ether oxygens (including phenoxy) is 1. The third-order valence-corrected chi connectivity index (χ3v) is 3.31. The largest absolute Gasteiger partial charge is 0.423 e. The summed E-state index contributed by atoms with van der Waals surface area (Å²) in [5.41, 5.74) is 0.525. The lowest BCUT2D eigenvalue weighted by atomic mass is 10.1. The second-order valence-corrected chi connectivity index (χ2v) is 5.25. The third-order valence-electron chi connectivity index (χ3n) is 2.78. The Morgan fingerprint density at radius 1 is 1.00 bits per heavy atom. The summed E-state index contributed by atoms with van der Waals surface area (Å²) in [6, 6.07) is 12.5. The van der Waals surface area contributed by atoms with E-state index in [0.29, 0.717) is 5.56 Å². The first-order chi connectivity index (χ1) is 10.1. The predicted octanol–water partition coefficient (Wildman–Crippen LogP) is 4.16. The summed E-state index contributed by atoms with van der Waals surface area (Å²) in [5, 5.41) is 0. The molecule has 0 N–H and O–H groups in total. The molecular formula is C16H12BrFO3. The van der Waals surface area contributed by atoms with E-state index in [4.69, 9.17) is 4.74 Å². The van der Waals surface area contributed by atoms with Gasteiger partial charge in [0.15, 0.2) is 17.3 Å². The van der Waals surface area contributed by atoms with Crippen molar-refractivity contribution >= 4 is 27.7 Å². The summed E-state index contributed by atoms with van der Waals surface area (Å²) in [6.07, 6.45) is -0.0713. The average molecular weight is 351 g/mol. The molecule has 2 aromatic carbocycles. The van der Waals surface area contributed by atoms with Crippen molar-refractivity contribution < 1.29 is 18.7 Å². The molecule has 2 aromatic rings. The number of ketones is 1. The molecular weight excluding hydrogens is 339 g/mol. The van der Waals surface area contributed by atoms with Gasteiger partial charge in [0.25, 0.3) is 0 Å². The van der Waals surface area contributed by atoms with E-state index >= 15 is 0 Å². The minimum atomic E-state index is -0.634. The Balaban J connectivity index is 1.88. The molecule has 0 radical (unpaired) electrons. The predicted molar refractivity (Wildman–Crippen MR) is 79.7 cm³/mol. The maximum atomic E-state index is 13.3. The third kappa shape index (κ3) is 4.49. The number of hydrogen-bond acceptors (Lipinski definition) is 3. The highest BCUT2D eigenvalue weighted by molar-refractivity contribution is 9.10. The molecule has 0 aliphatic carbocycles. The lowest BCUT2D eigenvalue weighted by Gasteiger charge is -2.05. The average Bonchev–Trinajstić information content (AvgIpc) is 2.48. The maximum Gasteiger partial charge on any atom is 0.311 e. The van der Waals surface area contributed by atoms with Gasteiger partial charge in [-0.05, 0) is 24.3 Å². The fourth-order valence-electron chi connectivity index (χ4n) is 1.70. The Labute approximate surface area is 129 Å². The number of hydrogen-bond donors (Lipinski definition) is 0. The first kappa shape index (κ1) is 15.4. The van der Waals surface area contributed by atoms with Crippen LogP contribution in [0.5, 0.6) is 5.75 Å². The summed E-state index contributed by atoms with van der Waals surface area (Å²) in [5.74, 6) is -1.53. The van der Waals surface area contributed by atoms with Crippen LogP contribution in [-0.4, -0.2) is 11.8 Å². The topological polar surface area (TPSA) is 43.4 Å². The van der Waals surface area contributed by atoms with Crippen molar-refractivity contribution in [1.29, 1.82) is 0 Å². The molecule has 21 heavy (non-hydrogen) atoms. The second-order valence-electron chi connectivity index (χ2n) is 4.33. The molecule has 2 rings (SSSR count). The summed E-state index contributed by atoms with van der Waals surface area (Å²) < 4.78 is 19.1. The number of Topliss-reactive ketones (excluding diaryl/α,β-unsaturated/α-hetero) is 1. The molecule has 3 nitrogen and oxygen atoms in total. The normalized spacial score (nSPS) is 10.2. The zero-order chi connectivity index (χ0) is 15.2. The standard InChI is InChI=1S/C16H12BrFO3/c17-12-7-5-11(6-8-12)14(19)9-10-16(20)21-15-4-2-1-3-13(15)18/h1-8H,9-10H2. The number of para-hydroxylation sites is 1. The van der Waals surface area contributed by atoms with Crippen molar-refractivity contribution in [2.24, 2.45) is 0 Å². The fraction of sp³-hybridized carbons (Fsp3) is 0.125. The van der Waals surface area contributed by atoms with Gasteiger partial charge >= 0.3 is 5.97 Å². The van der Waals surface area contributed by atoms with Crippen LogP contribution >= 0.6 is 15.9 Å². The van der Waals surface area contributed by atoms with Crippen LogP contribution in [0.1, 0.15) is 23.2 Å². The van der Waals surface area contributed by atoms with Gasteiger partial charge in [-0.1, -0.05) is 40.2 Å². The number of halogens is 2. The molecule has 0 saturated heterocycles. The zero-order valence-corrected chi connectivity index (χ0v) is 12.6. The lowest BCUT2D eigenvalue weighted by molar-refractivity contribution is -0.134. The Hall–Kier alpha value is -2.01. The summed E-state index contributed by atoms with van der Waals surface area (Å²) in [4.78, 5) is 23.5. The van der Waals surface area contributed by atoms with Gasteiger partial charge in [0.05, 0.1) is 6.42 Å². The van der Waals surface area contributed by atoms with Gasteiger partial charge in [0.2, 0.25) is 0 Å². The minimum absolute atomic E-state index is 0.0227. The minimum Gasteiger partial charge on any atom is -0.423 e. The molecule has 0 atom stereocenters. The monoisotopic (exact) mass is 350 g/mol. The Morgan fingerprint density at radius 3 is 2.33 bits per heavy atom. The Morgan fingerprint density at radius 2 is 1.67 bits per heavy atom. The molecule has 0 aliphatic rings. The molecule has 0 fully saturated rings. The van der Waals surface area contributed by atoms with Gasteiger partial charge < -0.3 is 4.74 Å². The summed E-state index contributed by atoms with van der Waals surface area (Å²) >= 11 is 3.28. The number of rotatable bonds is 5. The van der Waals surface area contributed by atoms with E-state index in [-0.39, 0.29) is 24.4 Å². The SMILES string of the molecule is O=C(CCC(=O)c1ccc(Br)cc1)Oc1ccccc1F. The van der Waals surface area contributed by atoms with Crippen LogP contribution in [0.3, 0.4) is 0 Å². The van der Waals surface area contributed by atoms with Crippen molar-refractivity contribution in [2.45, 2.75) is 12.8 Å². The molecule has 0 bridgehead atoms. The van der Waals surface area contributed by atoms with E-state index in [1.165, 1.54) is 18.2 Å². The van der Waals surface area contributed by atoms with E-state index in [2.05, 4.69) is 15.9 Å². The number of carbonyl (C=O) groups excluding carboxylic acids is 2. The second kappa shape index (κ2) is 7.13. The Bertz CT molecular complexity index is 653. The number of esters is 1. The van der Waals surface area contributed by atoms with Gasteiger partial charge in [0, 0.05) is 16.5 Å². The van der Waals surface area contributed by atoms with Gasteiger partial charge in [-0.3, -0.25) is 9.59 Å². The molecule has 0 heterocycles. The highest BCUT2D eigenvalue weighted by Crippen LogP contribution is 2.17. The van der Waals surface area contributed by atoms with Gasteiger partial charge in [-0.15, -0.1) is 0 Å². The van der Waals surface area contributed by atoms with Crippen LogP contribution in [0.25, 0.3) is 0 Å². The summed E-state index contributed by atoms with van der Waals surface area (Å²) in [7, 11) is 0. The number of benzene rings is 2. The van der Waals surface area contributed by atoms with Crippen molar-refractivity contribution in [3.8, 4) is 5.75 Å². The van der Waals surface area contributed by atoms with Gasteiger partial charge in [-0.25, -0.2) is 4.39 Å². The molecule has 0 saturated carbocycles. The fourth-order valence-corrected chi connectivity index (χ4v) is 1.96. The molecule has 5 heteroatoms. The molecule has 0 unspecified atom stereocenters. The lowest BCUT2D eigenvalue weighted by Crippen LogP contribution is -2.11. The highest BCUT2D eigenvalue weighted by atomic mass is 79.9. The maximum absolute atomic E-state index is 13.3. The van der Waals surface area contributed by atoms with Crippen LogP contribution in [0.15, 0.2) is 53.0 Å². The smallest absolute Gasteiger partial charge is 0.311 e. The first-order valence-electron chi connectivity index (χ1n) is 6.30. The summed E-state index contributed by atoms with van der Waals surface area (Å²) in [6.45, 7) is 0. The van der Waals surface area contributed by atoms with Crippen LogP contribution in [0.4, 0.5) is 4.39 Å². The Kier molecular flexibility index (Phi) is 5.22. The highest BCUT2D eigenvalue weighted by Gasteiger charge is 2.12. The quantitative estimate of drug-likeness (QED) is 0.462. The van der Waals surface area contributed by atoms with Crippen LogP contribution in [0.2, 0.25) is 0 Å². The molecule has 0 aromatic heterocycles. The van der Waals surface area contributed by atoms with Crippen LogP contribution in [-0.2, 0) is 4.79 Å². The van der Waals surface area contributed by atoms with Gasteiger partial charge in [-0.2, -0.15) is 0 Å². The van der Waals surface area contributed by atoms with Crippen molar-refractivity contribution in [2.75, 3.05) is 0 Å². The van der Waals surface area contributed by atoms with Crippen LogP contribution < -0.4 is 4.74 Å². The van der Waals surface area contributed by atoms with Crippen molar-refractivity contribution in [3.05, 3.63) is 64.4 Å². The molecule has 0 aliphatic heterocycles. The van der Waals surface area contributed by atoms with Crippen LogP contribution in [0, 0.1) is 5.82 Å². The van der Waals surface area contributed by atoms with E-state index in [1.807, 2.05) is 0 Å². The number of carbonyl (C=O) groups is 2. The first-order valence-corrected chi connectivity index (χ1v) is 7.09. The van der Waals surface area contributed by atoms with Crippen molar-refractivity contribution in [1.82, 2.24) is 0 Å². The molecule has 108 valence electrons. The van der Waals surface area contributed by atoms with Crippen molar-refractivity contribution in [3.63, 3.8) is 0 Å². The van der Waals surface area contributed by atoms with Gasteiger partial charge in [0.1, 0.15) is 0 Å². The van der Waals surface area contributed by atoms with E-state index in [0.717, 1.165) is 4.47 Å². The van der Waals surface area contributed by atoms with E-state index < -0.39 is 11.8 Å². The molecule has 0 spiro atoms. The van der Waals surface area contributed by atoms with E-state index in [1.54, 1.807) is 30.3 Å². The molecule has 0 amide bonds.